The highest BCUT2D eigenvalue weighted by molar-refractivity contribution is 9.10. The first-order valence-electron chi connectivity index (χ1n) is 6.12. The van der Waals surface area contributed by atoms with E-state index in [9.17, 15) is 8.42 Å². The van der Waals surface area contributed by atoms with E-state index in [4.69, 9.17) is 0 Å². The highest BCUT2D eigenvalue weighted by Crippen LogP contribution is 2.29. The zero-order valence-corrected chi connectivity index (χ0v) is 13.1. The highest BCUT2D eigenvalue weighted by atomic mass is 79.9. The Bertz CT molecular complexity index is 542. The van der Waals surface area contributed by atoms with Crippen molar-refractivity contribution < 1.29 is 8.42 Å². The van der Waals surface area contributed by atoms with Crippen LogP contribution in [0.15, 0.2) is 27.6 Å². The first-order valence-corrected chi connectivity index (χ1v) is 8.81. The number of nitrogens with zero attached hydrogens (tertiary/aromatic N) is 1. The minimum atomic E-state index is -3.16. The molecule has 1 saturated heterocycles. The Balaban J connectivity index is 2.29. The van der Waals surface area contributed by atoms with E-state index >= 15 is 0 Å². The van der Waals surface area contributed by atoms with Crippen LogP contribution in [0.5, 0.6) is 0 Å². The Morgan fingerprint density at radius 1 is 1.39 bits per heavy atom. The monoisotopic (exact) mass is 331 g/mol. The fourth-order valence-electron chi connectivity index (χ4n) is 2.41. The van der Waals surface area contributed by atoms with Crippen LogP contribution in [0, 0.1) is 5.92 Å². The van der Waals surface area contributed by atoms with E-state index in [2.05, 4.69) is 27.8 Å². The molecular formula is C13H18BrNO2S. The van der Waals surface area contributed by atoms with Crippen molar-refractivity contribution in [1.82, 2.24) is 0 Å². The number of rotatable bonds is 2. The van der Waals surface area contributed by atoms with Crippen molar-refractivity contribution in [3.63, 3.8) is 0 Å². The zero-order valence-electron chi connectivity index (χ0n) is 10.7. The Labute approximate surface area is 117 Å². The van der Waals surface area contributed by atoms with Crippen LogP contribution in [-0.2, 0) is 9.84 Å². The van der Waals surface area contributed by atoms with Gasteiger partial charge in [0.2, 0.25) is 0 Å². The van der Waals surface area contributed by atoms with Crippen molar-refractivity contribution in [2.75, 3.05) is 24.2 Å². The fraction of sp³-hybridized carbons (Fsp3) is 0.538. The van der Waals surface area contributed by atoms with Crippen molar-refractivity contribution in [3.8, 4) is 0 Å². The molecule has 1 aromatic carbocycles. The van der Waals surface area contributed by atoms with Crippen LogP contribution in [0.2, 0.25) is 0 Å². The summed E-state index contributed by atoms with van der Waals surface area (Å²) in [4.78, 5) is 2.68. The molecule has 18 heavy (non-hydrogen) atoms. The molecule has 1 aromatic rings. The molecule has 1 fully saturated rings. The molecule has 0 saturated carbocycles. The summed E-state index contributed by atoms with van der Waals surface area (Å²) in [6.45, 7) is 4.35. The van der Waals surface area contributed by atoms with E-state index in [1.54, 1.807) is 6.07 Å². The number of hydrogen-bond acceptors (Lipinski definition) is 3. The van der Waals surface area contributed by atoms with Gasteiger partial charge in [0, 0.05) is 29.5 Å². The van der Waals surface area contributed by atoms with Gasteiger partial charge in [0.05, 0.1) is 4.90 Å². The van der Waals surface area contributed by atoms with Gasteiger partial charge >= 0.3 is 0 Å². The van der Waals surface area contributed by atoms with Crippen LogP contribution in [0.1, 0.15) is 19.8 Å². The third-order valence-corrected chi connectivity index (χ3v) is 5.41. The molecule has 1 atom stereocenters. The molecular weight excluding hydrogens is 314 g/mol. The second-order valence-corrected chi connectivity index (χ2v) is 7.92. The Kier molecular flexibility index (Phi) is 4.02. The molecule has 0 spiro atoms. The summed E-state index contributed by atoms with van der Waals surface area (Å²) < 4.78 is 23.8. The second-order valence-electron chi connectivity index (χ2n) is 5.08. The van der Waals surface area contributed by atoms with Gasteiger partial charge in [-0.05, 0) is 52.9 Å². The lowest BCUT2D eigenvalue weighted by atomic mass is 10.00. The molecule has 0 bridgehead atoms. The molecule has 1 aliphatic heterocycles. The quantitative estimate of drug-likeness (QED) is 0.835. The van der Waals surface area contributed by atoms with Crippen molar-refractivity contribution in [3.05, 3.63) is 22.7 Å². The first kappa shape index (κ1) is 13.9. The third-order valence-electron chi connectivity index (χ3n) is 3.34. The SMILES string of the molecule is CC1CCCN(c2ccc(S(C)(=O)=O)c(Br)c2)C1. The Morgan fingerprint density at radius 3 is 2.67 bits per heavy atom. The zero-order chi connectivity index (χ0) is 13.3. The summed E-state index contributed by atoms with van der Waals surface area (Å²) in [6.07, 6.45) is 3.71. The summed E-state index contributed by atoms with van der Waals surface area (Å²) >= 11 is 3.36. The maximum absolute atomic E-state index is 11.5. The topological polar surface area (TPSA) is 37.4 Å². The Hall–Kier alpha value is -0.550. The van der Waals surface area contributed by atoms with E-state index in [1.165, 1.54) is 19.1 Å². The fourth-order valence-corrected chi connectivity index (χ4v) is 4.39. The van der Waals surface area contributed by atoms with E-state index < -0.39 is 9.84 Å². The smallest absolute Gasteiger partial charge is 0.176 e. The van der Waals surface area contributed by atoms with Crippen molar-refractivity contribution in [1.29, 1.82) is 0 Å². The molecule has 0 radical (unpaired) electrons. The molecule has 1 unspecified atom stereocenters. The normalized spacial score (nSPS) is 21.1. The van der Waals surface area contributed by atoms with Gasteiger partial charge in [-0.15, -0.1) is 0 Å². The minimum Gasteiger partial charge on any atom is -0.371 e. The van der Waals surface area contributed by atoms with E-state index in [0.29, 0.717) is 15.3 Å². The summed E-state index contributed by atoms with van der Waals surface area (Å²) in [6, 6.07) is 5.50. The van der Waals surface area contributed by atoms with Crippen LogP contribution in [0.25, 0.3) is 0 Å². The van der Waals surface area contributed by atoms with E-state index in [-0.39, 0.29) is 0 Å². The summed E-state index contributed by atoms with van der Waals surface area (Å²) in [5, 5.41) is 0. The molecule has 100 valence electrons. The maximum Gasteiger partial charge on any atom is 0.176 e. The van der Waals surface area contributed by atoms with Gasteiger partial charge in [-0.3, -0.25) is 0 Å². The lowest BCUT2D eigenvalue weighted by Crippen LogP contribution is -2.34. The van der Waals surface area contributed by atoms with Crippen LogP contribution in [0.4, 0.5) is 5.69 Å². The molecule has 1 aliphatic rings. The first-order chi connectivity index (χ1) is 8.38. The van der Waals surface area contributed by atoms with Gasteiger partial charge in [0.1, 0.15) is 0 Å². The van der Waals surface area contributed by atoms with Gasteiger partial charge in [-0.25, -0.2) is 8.42 Å². The van der Waals surface area contributed by atoms with Gasteiger partial charge < -0.3 is 4.90 Å². The molecule has 2 rings (SSSR count). The van der Waals surface area contributed by atoms with Crippen LogP contribution in [-0.4, -0.2) is 27.8 Å². The number of hydrogen-bond donors (Lipinski definition) is 0. The number of halogens is 1. The van der Waals surface area contributed by atoms with Crippen molar-refractivity contribution >= 4 is 31.5 Å². The molecule has 5 heteroatoms. The molecule has 3 nitrogen and oxygen atoms in total. The van der Waals surface area contributed by atoms with E-state index in [0.717, 1.165) is 18.8 Å². The predicted molar refractivity (Wildman–Crippen MR) is 77.9 cm³/mol. The summed E-state index contributed by atoms with van der Waals surface area (Å²) in [5.41, 5.74) is 1.10. The largest absolute Gasteiger partial charge is 0.371 e. The van der Waals surface area contributed by atoms with Crippen LogP contribution in [0.3, 0.4) is 0 Å². The lowest BCUT2D eigenvalue weighted by Gasteiger charge is -2.33. The van der Waals surface area contributed by atoms with Gasteiger partial charge in [0.25, 0.3) is 0 Å². The molecule has 0 aromatic heterocycles. The molecule has 0 amide bonds. The maximum atomic E-state index is 11.5. The third kappa shape index (κ3) is 3.06. The molecule has 0 N–H and O–H groups in total. The molecule has 1 heterocycles. The summed E-state index contributed by atoms with van der Waals surface area (Å²) in [5.74, 6) is 0.701. The standard InChI is InChI=1S/C13H18BrNO2S/c1-10-4-3-7-15(9-10)11-5-6-13(12(14)8-11)18(2,16)17/h5-6,8,10H,3-4,7,9H2,1-2H3. The molecule has 0 aliphatic carbocycles. The van der Waals surface area contributed by atoms with Crippen LogP contribution < -0.4 is 4.90 Å². The summed E-state index contributed by atoms with van der Waals surface area (Å²) in [7, 11) is -3.16. The predicted octanol–water partition coefficient (Wildman–Crippen LogP) is 3.09. The highest BCUT2D eigenvalue weighted by Gasteiger charge is 2.18. The number of anilines is 1. The van der Waals surface area contributed by atoms with Gasteiger partial charge in [0.15, 0.2) is 9.84 Å². The number of sulfone groups is 1. The minimum absolute atomic E-state index is 0.358. The lowest BCUT2D eigenvalue weighted by molar-refractivity contribution is 0.447. The van der Waals surface area contributed by atoms with Gasteiger partial charge in [-0.2, -0.15) is 0 Å². The Morgan fingerprint density at radius 2 is 2.11 bits per heavy atom. The average molecular weight is 332 g/mol. The second kappa shape index (κ2) is 5.21. The van der Waals surface area contributed by atoms with Crippen molar-refractivity contribution in [2.45, 2.75) is 24.7 Å². The van der Waals surface area contributed by atoms with Crippen LogP contribution >= 0.6 is 15.9 Å². The number of piperidine rings is 1. The van der Waals surface area contributed by atoms with E-state index in [1.807, 2.05) is 12.1 Å². The van der Waals surface area contributed by atoms with Crippen molar-refractivity contribution in [2.24, 2.45) is 5.92 Å². The number of benzene rings is 1. The average Bonchev–Trinajstić information content (AvgIpc) is 2.27. The van der Waals surface area contributed by atoms with Gasteiger partial charge in [-0.1, -0.05) is 6.92 Å².